The summed E-state index contributed by atoms with van der Waals surface area (Å²) in [5.74, 6) is 2.14. The number of carbonyl (C=O) groups excluding carboxylic acids is 2. The van der Waals surface area contributed by atoms with Crippen LogP contribution in [0.2, 0.25) is 0 Å². The van der Waals surface area contributed by atoms with Crippen LogP contribution in [-0.2, 0) is 19.1 Å². The van der Waals surface area contributed by atoms with E-state index in [0.29, 0.717) is 34.5 Å². The van der Waals surface area contributed by atoms with Crippen molar-refractivity contribution in [1.82, 2.24) is 0 Å². The average molecular weight is 607 g/mol. The van der Waals surface area contributed by atoms with E-state index in [2.05, 4.69) is 0 Å². The Hall–Kier alpha value is -5.12. The monoisotopic (exact) mass is 606 g/mol. The fourth-order valence-corrected chi connectivity index (χ4v) is 4.04. The highest BCUT2D eigenvalue weighted by atomic mass is 16.6. The Labute approximate surface area is 257 Å². The standard InChI is InChI=1S/C34H38O10/c1-23(35)41-15-17-43-33-29(37-3)19-27(20-30(33)38-4)13-11-25-7-9-26(10-8-25)12-14-28-21-31(39-5)34(32(22-28)40-6)44-18-16-42-24(2)36/h7-14,19-22H,15-18H2,1-6H3/b13-11+,14-12+. The van der Waals surface area contributed by atoms with E-state index in [1.165, 1.54) is 13.8 Å². The second-order valence-electron chi connectivity index (χ2n) is 9.22. The lowest BCUT2D eigenvalue weighted by Gasteiger charge is -2.15. The molecule has 0 fully saturated rings. The summed E-state index contributed by atoms with van der Waals surface area (Å²) < 4.78 is 43.4. The first-order valence-electron chi connectivity index (χ1n) is 13.8. The fraction of sp³-hybridized carbons (Fsp3) is 0.294. The predicted molar refractivity (Wildman–Crippen MR) is 168 cm³/mol. The Balaban J connectivity index is 1.69. The Morgan fingerprint density at radius 1 is 0.500 bits per heavy atom. The van der Waals surface area contributed by atoms with Gasteiger partial charge in [-0.1, -0.05) is 48.6 Å². The van der Waals surface area contributed by atoms with Gasteiger partial charge in [0.15, 0.2) is 23.0 Å². The van der Waals surface area contributed by atoms with Crippen LogP contribution in [0, 0.1) is 0 Å². The molecule has 0 aliphatic rings. The number of hydrogen-bond donors (Lipinski definition) is 0. The van der Waals surface area contributed by atoms with Crippen LogP contribution in [0.3, 0.4) is 0 Å². The molecule has 0 aliphatic heterocycles. The van der Waals surface area contributed by atoms with Gasteiger partial charge >= 0.3 is 11.9 Å². The van der Waals surface area contributed by atoms with Crippen molar-refractivity contribution in [3.63, 3.8) is 0 Å². The van der Waals surface area contributed by atoms with Crippen LogP contribution in [-0.4, -0.2) is 66.8 Å². The summed E-state index contributed by atoms with van der Waals surface area (Å²) in [6.45, 7) is 3.27. The molecule has 0 heterocycles. The molecule has 0 N–H and O–H groups in total. The molecule has 234 valence electrons. The first-order valence-corrected chi connectivity index (χ1v) is 13.8. The molecular formula is C34H38O10. The maximum atomic E-state index is 11.0. The molecule has 0 spiro atoms. The third-order valence-electron chi connectivity index (χ3n) is 6.11. The Morgan fingerprint density at radius 3 is 1.07 bits per heavy atom. The summed E-state index contributed by atoms with van der Waals surface area (Å²) in [6, 6.07) is 15.4. The van der Waals surface area contributed by atoms with Crippen molar-refractivity contribution >= 4 is 36.2 Å². The van der Waals surface area contributed by atoms with Gasteiger partial charge in [0.05, 0.1) is 28.4 Å². The highest BCUT2D eigenvalue weighted by Crippen LogP contribution is 2.40. The van der Waals surface area contributed by atoms with Gasteiger partial charge in [-0.15, -0.1) is 0 Å². The molecule has 0 bridgehead atoms. The second-order valence-corrected chi connectivity index (χ2v) is 9.22. The van der Waals surface area contributed by atoms with Crippen molar-refractivity contribution in [2.45, 2.75) is 13.8 Å². The quantitative estimate of drug-likeness (QED) is 0.110. The van der Waals surface area contributed by atoms with Crippen molar-refractivity contribution in [2.24, 2.45) is 0 Å². The molecule has 0 saturated heterocycles. The van der Waals surface area contributed by atoms with E-state index in [-0.39, 0.29) is 38.4 Å². The highest BCUT2D eigenvalue weighted by molar-refractivity contribution is 5.75. The van der Waals surface area contributed by atoms with Gasteiger partial charge in [-0.2, -0.15) is 0 Å². The zero-order valence-electron chi connectivity index (χ0n) is 25.8. The molecule has 0 aromatic heterocycles. The third-order valence-corrected chi connectivity index (χ3v) is 6.11. The van der Waals surface area contributed by atoms with Crippen LogP contribution < -0.4 is 28.4 Å². The van der Waals surface area contributed by atoms with Gasteiger partial charge in [-0.25, -0.2) is 0 Å². The lowest BCUT2D eigenvalue weighted by molar-refractivity contribution is -0.142. The molecular weight excluding hydrogens is 568 g/mol. The van der Waals surface area contributed by atoms with E-state index in [0.717, 1.165) is 22.3 Å². The van der Waals surface area contributed by atoms with Crippen molar-refractivity contribution in [3.05, 3.63) is 70.8 Å². The van der Waals surface area contributed by atoms with E-state index in [1.54, 1.807) is 28.4 Å². The van der Waals surface area contributed by atoms with Crippen LogP contribution in [0.15, 0.2) is 48.5 Å². The normalized spacial score (nSPS) is 10.9. The third kappa shape index (κ3) is 10.0. The average Bonchev–Trinajstić information content (AvgIpc) is 3.03. The van der Waals surface area contributed by atoms with Crippen LogP contribution in [0.25, 0.3) is 24.3 Å². The summed E-state index contributed by atoms with van der Waals surface area (Å²) in [6.07, 6.45) is 7.87. The molecule has 3 aromatic rings. The van der Waals surface area contributed by atoms with Gasteiger partial charge in [0.25, 0.3) is 0 Å². The molecule has 44 heavy (non-hydrogen) atoms. The number of carbonyl (C=O) groups is 2. The van der Waals surface area contributed by atoms with Crippen LogP contribution in [0.4, 0.5) is 0 Å². The fourth-order valence-electron chi connectivity index (χ4n) is 4.04. The maximum absolute atomic E-state index is 11.0. The Kier molecular flexibility index (Phi) is 13.0. The summed E-state index contributed by atoms with van der Waals surface area (Å²) in [5.41, 5.74) is 3.72. The first-order chi connectivity index (χ1) is 21.3. The first kappa shape index (κ1) is 33.4. The molecule has 0 amide bonds. The molecule has 0 aliphatic carbocycles. The highest BCUT2D eigenvalue weighted by Gasteiger charge is 2.15. The van der Waals surface area contributed by atoms with Gasteiger partial charge in [0.2, 0.25) is 11.5 Å². The maximum Gasteiger partial charge on any atom is 0.302 e. The number of hydrogen-bond acceptors (Lipinski definition) is 10. The molecule has 0 unspecified atom stereocenters. The topological polar surface area (TPSA) is 108 Å². The predicted octanol–water partition coefficient (Wildman–Crippen LogP) is 5.95. The second kappa shape index (κ2) is 17.1. The van der Waals surface area contributed by atoms with Gasteiger partial charge in [-0.05, 0) is 46.5 Å². The lowest BCUT2D eigenvalue weighted by atomic mass is 10.1. The van der Waals surface area contributed by atoms with Gasteiger partial charge < -0.3 is 37.9 Å². The number of esters is 2. The van der Waals surface area contributed by atoms with E-state index in [4.69, 9.17) is 37.9 Å². The lowest BCUT2D eigenvalue weighted by Crippen LogP contribution is -2.10. The molecule has 10 nitrogen and oxygen atoms in total. The minimum absolute atomic E-state index is 0.123. The van der Waals surface area contributed by atoms with Crippen molar-refractivity contribution in [3.8, 4) is 34.5 Å². The molecule has 0 atom stereocenters. The van der Waals surface area contributed by atoms with Crippen molar-refractivity contribution < 1.29 is 47.5 Å². The van der Waals surface area contributed by atoms with E-state index >= 15 is 0 Å². The van der Waals surface area contributed by atoms with Gasteiger partial charge in [0.1, 0.15) is 26.4 Å². The summed E-state index contributed by atoms with van der Waals surface area (Å²) in [7, 11) is 6.21. The largest absolute Gasteiger partial charge is 0.493 e. The van der Waals surface area contributed by atoms with Crippen molar-refractivity contribution in [2.75, 3.05) is 54.9 Å². The smallest absolute Gasteiger partial charge is 0.302 e. The number of methoxy groups -OCH3 is 4. The SMILES string of the molecule is COc1cc(/C=C/c2ccc(/C=C/c3cc(OC)c(OCCOC(C)=O)c(OC)c3)cc2)cc(OC)c1OCCOC(C)=O. The minimum Gasteiger partial charge on any atom is -0.493 e. The number of rotatable bonds is 16. The van der Waals surface area contributed by atoms with Crippen LogP contribution >= 0.6 is 0 Å². The summed E-state index contributed by atoms with van der Waals surface area (Å²) in [4.78, 5) is 22.0. The number of benzene rings is 3. The van der Waals surface area contributed by atoms with Gasteiger partial charge in [0, 0.05) is 13.8 Å². The zero-order chi connectivity index (χ0) is 31.9. The minimum atomic E-state index is -0.370. The van der Waals surface area contributed by atoms with Crippen LogP contribution in [0.1, 0.15) is 36.1 Å². The van der Waals surface area contributed by atoms with E-state index in [9.17, 15) is 9.59 Å². The van der Waals surface area contributed by atoms with Crippen molar-refractivity contribution in [1.29, 1.82) is 0 Å². The number of ether oxygens (including phenoxy) is 8. The van der Waals surface area contributed by atoms with E-state index < -0.39 is 0 Å². The zero-order valence-corrected chi connectivity index (χ0v) is 25.8. The Bertz CT molecular complexity index is 1300. The van der Waals surface area contributed by atoms with Gasteiger partial charge in [-0.3, -0.25) is 9.59 Å². The molecule has 0 saturated carbocycles. The summed E-state index contributed by atoms with van der Waals surface area (Å²) >= 11 is 0. The molecule has 10 heteroatoms. The molecule has 0 radical (unpaired) electrons. The van der Waals surface area contributed by atoms with E-state index in [1.807, 2.05) is 72.8 Å². The molecule has 3 aromatic carbocycles. The van der Waals surface area contributed by atoms with Crippen LogP contribution in [0.5, 0.6) is 34.5 Å². The summed E-state index contributed by atoms with van der Waals surface area (Å²) in [5, 5.41) is 0. The molecule has 3 rings (SSSR count). The Morgan fingerprint density at radius 2 is 0.795 bits per heavy atom.